The van der Waals surface area contributed by atoms with Gasteiger partial charge in [-0.2, -0.15) is 0 Å². The fraction of sp³-hybridized carbons (Fsp3) is 0.250. The molecule has 1 saturated heterocycles. The van der Waals surface area contributed by atoms with E-state index in [1.54, 1.807) is 17.0 Å². The van der Waals surface area contributed by atoms with Gasteiger partial charge in [-0.05, 0) is 55.2 Å². The second-order valence-corrected chi connectivity index (χ2v) is 8.28. The third kappa shape index (κ3) is 4.55. The average Bonchev–Trinajstić information content (AvgIpc) is 2.76. The van der Waals surface area contributed by atoms with Crippen LogP contribution in [0.1, 0.15) is 34.3 Å². The van der Waals surface area contributed by atoms with Crippen molar-refractivity contribution < 1.29 is 14.3 Å². The highest BCUT2D eigenvalue weighted by Gasteiger charge is 2.36. The highest BCUT2D eigenvalue weighted by atomic mass is 35.5. The van der Waals surface area contributed by atoms with Crippen LogP contribution in [0.2, 0.25) is 5.02 Å². The number of piperidine rings is 1. The van der Waals surface area contributed by atoms with Gasteiger partial charge in [0.05, 0.1) is 21.9 Å². The molecule has 4 rings (SSSR count). The molecule has 1 aliphatic rings. The normalized spacial score (nSPS) is 15.5. The number of carbonyl (C=O) groups excluding carboxylic acids is 1. The smallest absolute Gasteiger partial charge is 0.257 e. The molecule has 0 radical (unpaired) electrons. The first-order chi connectivity index (χ1) is 14.9. The third-order valence-corrected chi connectivity index (χ3v) is 5.96. The van der Waals surface area contributed by atoms with Crippen LogP contribution in [0.4, 0.5) is 15.8 Å². The molecule has 0 spiro atoms. The number of aryl methyl sites for hydroxylation is 1. The van der Waals surface area contributed by atoms with Gasteiger partial charge in [0.25, 0.3) is 5.91 Å². The second-order valence-electron chi connectivity index (χ2n) is 7.87. The molecule has 0 saturated carbocycles. The van der Waals surface area contributed by atoms with Crippen molar-refractivity contribution in [1.29, 1.82) is 0 Å². The number of halogens is 2. The minimum atomic E-state index is -1.08. The number of pyridine rings is 1. The minimum absolute atomic E-state index is 0.202. The van der Waals surface area contributed by atoms with E-state index in [9.17, 15) is 14.3 Å². The van der Waals surface area contributed by atoms with Gasteiger partial charge >= 0.3 is 0 Å². The number of hydrogen-bond acceptors (Lipinski definition) is 4. The molecule has 0 bridgehead atoms. The summed E-state index contributed by atoms with van der Waals surface area (Å²) in [6.45, 7) is 2.72. The molecule has 1 fully saturated rings. The predicted molar refractivity (Wildman–Crippen MR) is 119 cm³/mol. The summed E-state index contributed by atoms with van der Waals surface area (Å²) >= 11 is 6.37. The number of nitrogens with zero attached hydrogens (tertiary/aromatic N) is 2. The topological polar surface area (TPSA) is 65.5 Å². The summed E-state index contributed by atoms with van der Waals surface area (Å²) in [5.41, 5.74) is 2.37. The first-order valence-electron chi connectivity index (χ1n) is 10.1. The van der Waals surface area contributed by atoms with Crippen LogP contribution in [0.25, 0.3) is 0 Å². The van der Waals surface area contributed by atoms with Crippen molar-refractivity contribution in [1.82, 2.24) is 9.88 Å². The van der Waals surface area contributed by atoms with E-state index in [4.69, 9.17) is 11.6 Å². The molecule has 1 aromatic heterocycles. The Balaban J connectivity index is 1.53. The van der Waals surface area contributed by atoms with Crippen molar-refractivity contribution in [2.75, 3.05) is 18.4 Å². The van der Waals surface area contributed by atoms with Crippen molar-refractivity contribution in [3.05, 3.63) is 88.5 Å². The molecule has 31 heavy (non-hydrogen) atoms. The molecule has 7 heteroatoms. The van der Waals surface area contributed by atoms with Crippen LogP contribution in [0.3, 0.4) is 0 Å². The Morgan fingerprint density at radius 1 is 1.16 bits per heavy atom. The van der Waals surface area contributed by atoms with E-state index in [0.717, 1.165) is 11.3 Å². The first-order valence-corrected chi connectivity index (χ1v) is 10.5. The summed E-state index contributed by atoms with van der Waals surface area (Å²) in [5.74, 6) is -0.548. The standard InChI is InChI=1S/C24H23ClFN3O2/c1-16-3-2-4-19(13-16)28-22-20(14-27-15-21(22)25)23(30)29-11-9-24(31,10-12-29)17-5-7-18(26)8-6-17/h2-8,13-15,31H,9-12H2,1H3,(H,27,28). The van der Waals surface area contributed by atoms with Crippen molar-refractivity contribution in [2.45, 2.75) is 25.4 Å². The molecule has 3 aromatic rings. The quantitative estimate of drug-likeness (QED) is 0.597. The zero-order chi connectivity index (χ0) is 22.0. The van der Waals surface area contributed by atoms with E-state index in [1.165, 1.54) is 24.5 Å². The van der Waals surface area contributed by atoms with Gasteiger partial charge in [-0.1, -0.05) is 35.9 Å². The highest BCUT2D eigenvalue weighted by Crippen LogP contribution is 2.35. The van der Waals surface area contributed by atoms with E-state index in [2.05, 4.69) is 10.3 Å². The van der Waals surface area contributed by atoms with Crippen LogP contribution >= 0.6 is 11.6 Å². The number of carbonyl (C=O) groups is 1. The SMILES string of the molecule is Cc1cccc(Nc2c(Cl)cncc2C(=O)N2CCC(O)(c3ccc(F)cc3)CC2)c1. The molecular formula is C24H23ClFN3O2. The van der Waals surface area contributed by atoms with Gasteiger partial charge in [-0.3, -0.25) is 9.78 Å². The van der Waals surface area contributed by atoms with Crippen LogP contribution in [-0.2, 0) is 5.60 Å². The van der Waals surface area contributed by atoms with Gasteiger partial charge in [-0.25, -0.2) is 4.39 Å². The van der Waals surface area contributed by atoms with E-state index >= 15 is 0 Å². The van der Waals surface area contributed by atoms with Gasteiger partial charge in [0.1, 0.15) is 5.82 Å². The Morgan fingerprint density at radius 3 is 2.55 bits per heavy atom. The van der Waals surface area contributed by atoms with Gasteiger partial charge in [0.2, 0.25) is 0 Å². The van der Waals surface area contributed by atoms with E-state index in [-0.39, 0.29) is 11.7 Å². The average molecular weight is 440 g/mol. The van der Waals surface area contributed by atoms with Crippen LogP contribution in [0.15, 0.2) is 60.9 Å². The van der Waals surface area contributed by atoms with Gasteiger partial charge < -0.3 is 15.3 Å². The lowest BCUT2D eigenvalue weighted by Gasteiger charge is -2.38. The largest absolute Gasteiger partial charge is 0.385 e. The fourth-order valence-corrected chi connectivity index (χ4v) is 4.10. The molecule has 2 heterocycles. The monoisotopic (exact) mass is 439 g/mol. The second kappa shape index (κ2) is 8.65. The van der Waals surface area contributed by atoms with E-state index in [0.29, 0.717) is 47.8 Å². The van der Waals surface area contributed by atoms with E-state index < -0.39 is 5.60 Å². The summed E-state index contributed by atoms with van der Waals surface area (Å²) in [7, 11) is 0. The lowest BCUT2D eigenvalue weighted by atomic mass is 9.84. The van der Waals surface area contributed by atoms with Gasteiger partial charge in [0.15, 0.2) is 0 Å². The zero-order valence-electron chi connectivity index (χ0n) is 17.1. The van der Waals surface area contributed by atoms with Crippen molar-refractivity contribution >= 4 is 28.9 Å². The number of rotatable bonds is 4. The maximum Gasteiger partial charge on any atom is 0.257 e. The predicted octanol–water partition coefficient (Wildman–Crippen LogP) is 5.05. The Labute approximate surface area is 185 Å². The molecule has 2 aromatic carbocycles. The van der Waals surface area contributed by atoms with Crippen LogP contribution in [0.5, 0.6) is 0 Å². The molecule has 0 unspecified atom stereocenters. The molecular weight excluding hydrogens is 417 g/mol. The van der Waals surface area contributed by atoms with Gasteiger partial charge in [0, 0.05) is 31.2 Å². The Hall–Kier alpha value is -2.96. The number of aromatic nitrogens is 1. The Morgan fingerprint density at radius 2 is 1.87 bits per heavy atom. The molecule has 0 atom stereocenters. The number of amides is 1. The lowest BCUT2D eigenvalue weighted by molar-refractivity contribution is -0.0211. The first kappa shape index (κ1) is 21.3. The Kier molecular flexibility index (Phi) is 5.94. The summed E-state index contributed by atoms with van der Waals surface area (Å²) in [4.78, 5) is 19.1. The lowest BCUT2D eigenvalue weighted by Crippen LogP contribution is -2.45. The zero-order valence-corrected chi connectivity index (χ0v) is 17.9. The van der Waals surface area contributed by atoms with Gasteiger partial charge in [-0.15, -0.1) is 0 Å². The minimum Gasteiger partial charge on any atom is -0.385 e. The summed E-state index contributed by atoms with van der Waals surface area (Å²) in [6.07, 6.45) is 3.73. The highest BCUT2D eigenvalue weighted by molar-refractivity contribution is 6.34. The summed E-state index contributed by atoms with van der Waals surface area (Å²) in [5, 5.41) is 14.6. The Bertz CT molecular complexity index is 1100. The van der Waals surface area contributed by atoms with Crippen molar-refractivity contribution in [3.63, 3.8) is 0 Å². The van der Waals surface area contributed by atoms with Crippen LogP contribution < -0.4 is 5.32 Å². The molecule has 1 aliphatic heterocycles. The number of likely N-dealkylation sites (tertiary alicyclic amines) is 1. The summed E-state index contributed by atoms with van der Waals surface area (Å²) in [6, 6.07) is 13.7. The third-order valence-electron chi connectivity index (χ3n) is 5.68. The molecule has 2 N–H and O–H groups in total. The number of nitrogens with one attached hydrogen (secondary N) is 1. The number of benzene rings is 2. The number of anilines is 2. The molecule has 5 nitrogen and oxygen atoms in total. The molecule has 160 valence electrons. The van der Waals surface area contributed by atoms with Crippen LogP contribution in [-0.4, -0.2) is 34.0 Å². The molecule has 0 aliphatic carbocycles. The maximum atomic E-state index is 13.3. The van der Waals surface area contributed by atoms with Crippen molar-refractivity contribution in [2.24, 2.45) is 0 Å². The maximum absolute atomic E-state index is 13.3. The fourth-order valence-electron chi connectivity index (χ4n) is 3.89. The van der Waals surface area contributed by atoms with E-state index in [1.807, 2.05) is 31.2 Å². The molecule has 1 amide bonds. The van der Waals surface area contributed by atoms with Crippen molar-refractivity contribution in [3.8, 4) is 0 Å². The summed E-state index contributed by atoms with van der Waals surface area (Å²) < 4.78 is 13.2. The number of hydrogen-bond donors (Lipinski definition) is 2. The number of aliphatic hydroxyl groups is 1. The van der Waals surface area contributed by atoms with Crippen LogP contribution in [0, 0.1) is 12.7 Å².